The molecule has 3 rings (SSSR count). The van der Waals surface area contributed by atoms with Crippen molar-refractivity contribution < 1.29 is 14.3 Å². The Kier molecular flexibility index (Phi) is 3.13. The highest BCUT2D eigenvalue weighted by Crippen LogP contribution is 2.32. The second kappa shape index (κ2) is 4.93. The van der Waals surface area contributed by atoms with E-state index in [9.17, 15) is 4.79 Å². The van der Waals surface area contributed by atoms with E-state index in [1.54, 1.807) is 17.1 Å². The van der Waals surface area contributed by atoms with Crippen molar-refractivity contribution in [1.29, 1.82) is 0 Å². The summed E-state index contributed by atoms with van der Waals surface area (Å²) in [6.45, 7) is 1.64. The summed E-state index contributed by atoms with van der Waals surface area (Å²) in [5.74, 6) is 1.47. The molecule has 1 amide bonds. The van der Waals surface area contributed by atoms with Gasteiger partial charge in [0.05, 0.1) is 0 Å². The van der Waals surface area contributed by atoms with Gasteiger partial charge in [0, 0.05) is 25.2 Å². The van der Waals surface area contributed by atoms with E-state index >= 15 is 0 Å². The summed E-state index contributed by atoms with van der Waals surface area (Å²) in [4.78, 5) is 13.7. The maximum atomic E-state index is 11.9. The van der Waals surface area contributed by atoms with Crippen LogP contribution in [0.3, 0.4) is 0 Å². The Hall–Kier alpha value is -2.01. The van der Waals surface area contributed by atoms with Gasteiger partial charge in [0.25, 0.3) is 0 Å². The lowest BCUT2D eigenvalue weighted by Crippen LogP contribution is -2.30. The van der Waals surface area contributed by atoms with Crippen LogP contribution in [0.5, 0.6) is 11.5 Å². The Morgan fingerprint density at radius 3 is 3.00 bits per heavy atom. The SMILES string of the molecule is N[C@H]1CCN(C(=O)/C=C/c2ccc3c(c2)OCO3)C1. The normalized spacial score (nSPS) is 21.3. The molecule has 100 valence electrons. The minimum absolute atomic E-state index is 0.00520. The Balaban J connectivity index is 1.67. The number of hydrogen-bond donors (Lipinski definition) is 1. The van der Waals surface area contributed by atoms with Gasteiger partial charge in [0.2, 0.25) is 12.7 Å². The molecule has 0 unspecified atom stereocenters. The molecule has 0 spiro atoms. The Labute approximate surface area is 111 Å². The zero-order chi connectivity index (χ0) is 13.2. The van der Waals surface area contributed by atoms with Crippen LogP contribution in [-0.4, -0.2) is 36.7 Å². The molecule has 0 saturated carbocycles. The van der Waals surface area contributed by atoms with Crippen LogP contribution in [0.4, 0.5) is 0 Å². The largest absolute Gasteiger partial charge is 0.454 e. The number of benzene rings is 1. The van der Waals surface area contributed by atoms with Crippen molar-refractivity contribution >= 4 is 12.0 Å². The summed E-state index contributed by atoms with van der Waals surface area (Å²) in [5, 5.41) is 0. The van der Waals surface area contributed by atoms with Crippen LogP contribution >= 0.6 is 0 Å². The van der Waals surface area contributed by atoms with E-state index in [0.29, 0.717) is 6.54 Å². The number of carbonyl (C=O) groups excluding carboxylic acids is 1. The number of likely N-dealkylation sites (tertiary alicyclic amines) is 1. The number of nitrogens with two attached hydrogens (primary N) is 1. The van der Waals surface area contributed by atoms with Crippen LogP contribution in [0.2, 0.25) is 0 Å². The van der Waals surface area contributed by atoms with E-state index in [4.69, 9.17) is 15.2 Å². The summed E-state index contributed by atoms with van der Waals surface area (Å²) in [7, 11) is 0. The number of amides is 1. The van der Waals surface area contributed by atoms with E-state index in [1.165, 1.54) is 0 Å². The molecule has 0 bridgehead atoms. The van der Waals surface area contributed by atoms with Crippen LogP contribution in [0.15, 0.2) is 24.3 Å². The highest BCUT2D eigenvalue weighted by atomic mass is 16.7. The monoisotopic (exact) mass is 260 g/mol. The molecule has 1 aromatic carbocycles. The van der Waals surface area contributed by atoms with Crippen molar-refractivity contribution in [3.63, 3.8) is 0 Å². The van der Waals surface area contributed by atoms with Crippen molar-refractivity contribution in [2.24, 2.45) is 5.73 Å². The summed E-state index contributed by atoms with van der Waals surface area (Å²) >= 11 is 0. The van der Waals surface area contributed by atoms with E-state index in [1.807, 2.05) is 18.2 Å². The first-order valence-corrected chi connectivity index (χ1v) is 6.34. The maximum absolute atomic E-state index is 11.9. The van der Waals surface area contributed by atoms with Gasteiger partial charge in [-0.15, -0.1) is 0 Å². The quantitative estimate of drug-likeness (QED) is 0.805. The smallest absolute Gasteiger partial charge is 0.246 e. The van der Waals surface area contributed by atoms with Gasteiger partial charge < -0.3 is 20.1 Å². The lowest BCUT2D eigenvalue weighted by atomic mass is 10.2. The lowest BCUT2D eigenvalue weighted by molar-refractivity contribution is -0.124. The minimum atomic E-state index is 0.00520. The van der Waals surface area contributed by atoms with Crippen LogP contribution < -0.4 is 15.2 Å². The first kappa shape index (κ1) is 12.0. The van der Waals surface area contributed by atoms with Gasteiger partial charge in [-0.05, 0) is 30.2 Å². The van der Waals surface area contributed by atoms with Crippen molar-refractivity contribution in [3.8, 4) is 11.5 Å². The topological polar surface area (TPSA) is 64.8 Å². The Morgan fingerprint density at radius 1 is 1.37 bits per heavy atom. The van der Waals surface area contributed by atoms with Gasteiger partial charge in [0.1, 0.15) is 0 Å². The highest BCUT2D eigenvalue weighted by Gasteiger charge is 2.21. The fraction of sp³-hybridized carbons (Fsp3) is 0.357. The molecule has 0 aromatic heterocycles. The molecule has 2 heterocycles. The van der Waals surface area contributed by atoms with Crippen LogP contribution in [0.25, 0.3) is 6.08 Å². The highest BCUT2D eigenvalue weighted by molar-refractivity contribution is 5.92. The summed E-state index contributed by atoms with van der Waals surface area (Å²) in [6, 6.07) is 5.72. The maximum Gasteiger partial charge on any atom is 0.246 e. The van der Waals surface area contributed by atoms with Crippen molar-refractivity contribution in [1.82, 2.24) is 4.90 Å². The zero-order valence-electron chi connectivity index (χ0n) is 10.5. The van der Waals surface area contributed by atoms with Crippen LogP contribution in [-0.2, 0) is 4.79 Å². The van der Waals surface area contributed by atoms with Crippen molar-refractivity contribution in [2.45, 2.75) is 12.5 Å². The van der Waals surface area contributed by atoms with Crippen LogP contribution in [0, 0.1) is 0 Å². The molecule has 5 heteroatoms. The average Bonchev–Trinajstić information content (AvgIpc) is 3.03. The van der Waals surface area contributed by atoms with Gasteiger partial charge in [-0.25, -0.2) is 0 Å². The molecule has 2 N–H and O–H groups in total. The summed E-state index contributed by atoms with van der Waals surface area (Å²) in [6.07, 6.45) is 4.24. The molecule has 1 aromatic rings. The van der Waals surface area contributed by atoms with Gasteiger partial charge in [-0.3, -0.25) is 4.79 Å². The van der Waals surface area contributed by atoms with Gasteiger partial charge in [-0.1, -0.05) is 6.07 Å². The molecule has 0 aliphatic carbocycles. The first-order chi connectivity index (χ1) is 9.22. The van der Waals surface area contributed by atoms with Gasteiger partial charge in [0.15, 0.2) is 11.5 Å². The average molecular weight is 260 g/mol. The number of fused-ring (bicyclic) bond motifs is 1. The second-order valence-corrected chi connectivity index (χ2v) is 4.78. The standard InChI is InChI=1S/C14H16N2O3/c15-11-5-6-16(8-11)14(17)4-2-10-1-3-12-13(7-10)19-9-18-12/h1-4,7,11H,5-6,8-9,15H2/b4-2+/t11-/m0/s1. The number of rotatable bonds is 2. The lowest BCUT2D eigenvalue weighted by Gasteiger charge is -2.12. The molecular formula is C14H16N2O3. The van der Waals surface area contributed by atoms with E-state index in [0.717, 1.165) is 30.0 Å². The molecule has 19 heavy (non-hydrogen) atoms. The van der Waals surface area contributed by atoms with Crippen molar-refractivity contribution in [3.05, 3.63) is 29.8 Å². The third-order valence-electron chi connectivity index (χ3n) is 3.35. The minimum Gasteiger partial charge on any atom is -0.454 e. The molecule has 5 nitrogen and oxygen atoms in total. The number of hydrogen-bond acceptors (Lipinski definition) is 4. The van der Waals surface area contributed by atoms with E-state index < -0.39 is 0 Å². The predicted octanol–water partition coefficient (Wildman–Crippen LogP) is 0.988. The number of nitrogens with zero attached hydrogens (tertiary/aromatic N) is 1. The second-order valence-electron chi connectivity index (χ2n) is 4.78. The molecular weight excluding hydrogens is 244 g/mol. The van der Waals surface area contributed by atoms with Crippen molar-refractivity contribution in [2.75, 3.05) is 19.9 Å². The Bertz CT molecular complexity index is 527. The predicted molar refractivity (Wildman–Crippen MR) is 70.8 cm³/mol. The van der Waals surface area contributed by atoms with Gasteiger partial charge >= 0.3 is 0 Å². The third-order valence-corrected chi connectivity index (χ3v) is 3.35. The fourth-order valence-electron chi connectivity index (χ4n) is 2.28. The fourth-order valence-corrected chi connectivity index (χ4v) is 2.28. The molecule has 2 aliphatic heterocycles. The summed E-state index contributed by atoms with van der Waals surface area (Å²) < 4.78 is 10.5. The molecule has 0 radical (unpaired) electrons. The third kappa shape index (κ3) is 2.56. The van der Waals surface area contributed by atoms with E-state index in [2.05, 4.69) is 0 Å². The number of carbonyl (C=O) groups is 1. The number of ether oxygens (including phenoxy) is 2. The molecule has 1 fully saturated rings. The summed E-state index contributed by atoms with van der Waals surface area (Å²) in [5.41, 5.74) is 6.70. The molecule has 2 aliphatic rings. The van der Waals surface area contributed by atoms with E-state index in [-0.39, 0.29) is 18.7 Å². The Morgan fingerprint density at radius 2 is 2.21 bits per heavy atom. The van der Waals surface area contributed by atoms with Gasteiger partial charge in [-0.2, -0.15) is 0 Å². The van der Waals surface area contributed by atoms with Crippen LogP contribution in [0.1, 0.15) is 12.0 Å². The molecule has 1 saturated heterocycles. The first-order valence-electron chi connectivity index (χ1n) is 6.34. The zero-order valence-corrected chi connectivity index (χ0v) is 10.5. The molecule has 1 atom stereocenters.